The van der Waals surface area contributed by atoms with Gasteiger partial charge in [0.2, 0.25) is 0 Å². The van der Waals surface area contributed by atoms with Gasteiger partial charge in [0.05, 0.1) is 41.8 Å². The fraction of sp³-hybridized carbons (Fsp3) is 0.160. The third-order valence-corrected chi connectivity index (χ3v) is 5.98. The number of rotatable bonds is 5. The van der Waals surface area contributed by atoms with Gasteiger partial charge in [-0.05, 0) is 61.0 Å². The molecule has 33 heavy (non-hydrogen) atoms. The van der Waals surface area contributed by atoms with Crippen LogP contribution >= 0.6 is 11.6 Å². The Bertz CT molecular complexity index is 1550. The molecule has 7 nitrogen and oxygen atoms in total. The van der Waals surface area contributed by atoms with E-state index in [1.54, 1.807) is 42.1 Å². The Balaban J connectivity index is 1.78. The van der Waals surface area contributed by atoms with Gasteiger partial charge in [-0.2, -0.15) is 5.10 Å². The van der Waals surface area contributed by atoms with E-state index in [1.165, 1.54) is 0 Å². The summed E-state index contributed by atoms with van der Waals surface area (Å²) in [6.45, 7) is 3.09. The normalized spacial score (nSPS) is 11.5. The maximum absolute atomic E-state index is 13.9. The molecular formula is C25H22ClN5O2. The van der Waals surface area contributed by atoms with Crippen molar-refractivity contribution in [3.8, 4) is 16.8 Å². The molecular weight excluding hydrogens is 438 g/mol. The summed E-state index contributed by atoms with van der Waals surface area (Å²) in [5.74, 6) is 0. The second-order valence-corrected chi connectivity index (χ2v) is 8.30. The molecule has 0 saturated carbocycles. The standard InChI is InChI=1S/C25H22ClN5O2/c1-15-3-9-20-23(27)22(16-4-10-21-17(13-16)14-28-30(21)11-12-33-2)25(32)31(24(20)29-15)19-7-5-18(26)6-8-19/h3-10,13-14H,11-12,27H2,1-2H3. The van der Waals surface area contributed by atoms with Gasteiger partial charge in [-0.15, -0.1) is 0 Å². The minimum atomic E-state index is -0.244. The summed E-state index contributed by atoms with van der Waals surface area (Å²) in [6.07, 6.45) is 1.79. The number of aromatic nitrogens is 4. The van der Waals surface area contributed by atoms with Gasteiger partial charge in [-0.25, -0.2) is 4.98 Å². The molecule has 2 N–H and O–H groups in total. The van der Waals surface area contributed by atoms with Crippen molar-refractivity contribution in [2.24, 2.45) is 0 Å². The number of anilines is 1. The van der Waals surface area contributed by atoms with Crippen LogP contribution in [0.3, 0.4) is 0 Å². The smallest absolute Gasteiger partial charge is 0.266 e. The van der Waals surface area contributed by atoms with Crippen molar-refractivity contribution in [3.05, 3.63) is 81.9 Å². The lowest BCUT2D eigenvalue weighted by atomic mass is 10.0. The van der Waals surface area contributed by atoms with Crippen LogP contribution in [0.5, 0.6) is 0 Å². The van der Waals surface area contributed by atoms with E-state index in [-0.39, 0.29) is 5.56 Å². The second kappa shape index (κ2) is 8.35. The van der Waals surface area contributed by atoms with E-state index in [9.17, 15) is 4.79 Å². The molecule has 0 amide bonds. The Hall–Kier alpha value is -3.68. The molecule has 0 unspecified atom stereocenters. The molecule has 0 spiro atoms. The number of benzene rings is 2. The number of methoxy groups -OCH3 is 1. The molecule has 0 aliphatic heterocycles. The Morgan fingerprint density at radius 2 is 1.88 bits per heavy atom. The van der Waals surface area contributed by atoms with Crippen LogP contribution in [0.1, 0.15) is 5.69 Å². The van der Waals surface area contributed by atoms with E-state index in [0.717, 1.165) is 22.2 Å². The van der Waals surface area contributed by atoms with Crippen molar-refractivity contribution in [2.45, 2.75) is 13.5 Å². The van der Waals surface area contributed by atoms with Crippen LogP contribution < -0.4 is 11.3 Å². The zero-order chi connectivity index (χ0) is 23.1. The number of nitrogens with zero attached hydrogens (tertiary/aromatic N) is 4. The lowest BCUT2D eigenvalue weighted by molar-refractivity contribution is 0.185. The van der Waals surface area contributed by atoms with Crippen LogP contribution in [0.4, 0.5) is 5.69 Å². The minimum absolute atomic E-state index is 0.244. The van der Waals surface area contributed by atoms with Crippen LogP contribution in [0.25, 0.3) is 38.8 Å². The summed E-state index contributed by atoms with van der Waals surface area (Å²) in [6, 6.07) is 16.7. The molecule has 0 fully saturated rings. The second-order valence-electron chi connectivity index (χ2n) is 7.86. The lowest BCUT2D eigenvalue weighted by Gasteiger charge is -2.16. The first-order chi connectivity index (χ1) is 16.0. The van der Waals surface area contributed by atoms with Crippen molar-refractivity contribution < 1.29 is 4.74 Å². The first-order valence-corrected chi connectivity index (χ1v) is 10.9. The fourth-order valence-electron chi connectivity index (χ4n) is 4.09. The summed E-state index contributed by atoms with van der Waals surface area (Å²) in [4.78, 5) is 18.5. The number of halogens is 1. The molecule has 5 aromatic rings. The van der Waals surface area contributed by atoms with Crippen molar-refractivity contribution in [1.82, 2.24) is 19.3 Å². The third-order valence-electron chi connectivity index (χ3n) is 5.73. The number of aryl methyl sites for hydroxylation is 1. The summed E-state index contributed by atoms with van der Waals surface area (Å²) in [5, 5.41) is 6.66. The van der Waals surface area contributed by atoms with Crippen LogP contribution in [0.15, 0.2) is 65.6 Å². The maximum Gasteiger partial charge on any atom is 0.266 e. The van der Waals surface area contributed by atoms with E-state index in [1.807, 2.05) is 41.9 Å². The number of pyridine rings is 2. The number of fused-ring (bicyclic) bond motifs is 2. The minimum Gasteiger partial charge on any atom is -0.397 e. The van der Waals surface area contributed by atoms with E-state index in [0.29, 0.717) is 46.1 Å². The van der Waals surface area contributed by atoms with Crippen LogP contribution in [0.2, 0.25) is 5.02 Å². The Morgan fingerprint density at radius 1 is 1.09 bits per heavy atom. The number of hydrogen-bond acceptors (Lipinski definition) is 5. The number of ether oxygens (including phenoxy) is 1. The Labute approximate surface area is 195 Å². The topological polar surface area (TPSA) is 88.0 Å². The molecule has 0 bridgehead atoms. The van der Waals surface area contributed by atoms with Crippen LogP contribution in [0, 0.1) is 6.92 Å². The molecule has 0 aliphatic rings. The predicted octanol–water partition coefficient (Wildman–Crippen LogP) is 4.59. The first-order valence-electron chi connectivity index (χ1n) is 10.5. The summed E-state index contributed by atoms with van der Waals surface area (Å²) < 4.78 is 8.64. The van der Waals surface area contributed by atoms with Crippen molar-refractivity contribution in [3.63, 3.8) is 0 Å². The van der Waals surface area contributed by atoms with Gasteiger partial charge in [-0.1, -0.05) is 17.7 Å². The van der Waals surface area contributed by atoms with E-state index in [2.05, 4.69) is 10.1 Å². The monoisotopic (exact) mass is 459 g/mol. The molecule has 8 heteroatoms. The molecule has 166 valence electrons. The van der Waals surface area contributed by atoms with Gasteiger partial charge in [0.15, 0.2) is 0 Å². The fourth-order valence-corrected chi connectivity index (χ4v) is 4.21. The molecule has 0 saturated heterocycles. The molecule has 0 aliphatic carbocycles. The summed E-state index contributed by atoms with van der Waals surface area (Å²) >= 11 is 6.09. The third kappa shape index (κ3) is 3.65. The van der Waals surface area contributed by atoms with Gasteiger partial charge < -0.3 is 10.5 Å². The lowest BCUT2D eigenvalue weighted by Crippen LogP contribution is -2.23. The Morgan fingerprint density at radius 3 is 2.64 bits per heavy atom. The molecule has 5 rings (SSSR count). The van der Waals surface area contributed by atoms with Gasteiger partial charge in [0.25, 0.3) is 5.56 Å². The zero-order valence-electron chi connectivity index (χ0n) is 18.2. The van der Waals surface area contributed by atoms with Crippen LogP contribution in [-0.2, 0) is 11.3 Å². The molecule has 2 aromatic carbocycles. The number of nitrogens with two attached hydrogens (primary N) is 1. The molecule has 3 heterocycles. The van der Waals surface area contributed by atoms with Crippen LogP contribution in [-0.4, -0.2) is 33.0 Å². The zero-order valence-corrected chi connectivity index (χ0v) is 19.0. The molecule has 3 aromatic heterocycles. The van der Waals surface area contributed by atoms with Crippen molar-refractivity contribution in [2.75, 3.05) is 19.5 Å². The quantitative estimate of drug-likeness (QED) is 0.415. The number of hydrogen-bond donors (Lipinski definition) is 1. The van der Waals surface area contributed by atoms with Crippen molar-refractivity contribution >= 4 is 39.2 Å². The summed E-state index contributed by atoms with van der Waals surface area (Å²) in [5.41, 5.74) is 10.8. The Kier molecular flexibility index (Phi) is 5.36. The highest BCUT2D eigenvalue weighted by Gasteiger charge is 2.19. The highest BCUT2D eigenvalue weighted by atomic mass is 35.5. The van der Waals surface area contributed by atoms with Gasteiger partial charge in [-0.3, -0.25) is 14.0 Å². The van der Waals surface area contributed by atoms with Gasteiger partial charge in [0.1, 0.15) is 5.65 Å². The van der Waals surface area contributed by atoms with E-state index < -0.39 is 0 Å². The predicted molar refractivity (Wildman–Crippen MR) is 132 cm³/mol. The van der Waals surface area contributed by atoms with E-state index in [4.69, 9.17) is 22.1 Å². The SMILES string of the molecule is COCCn1ncc2cc(-c3c(N)c4ccc(C)nc4n(-c4ccc(Cl)cc4)c3=O)ccc21. The van der Waals surface area contributed by atoms with E-state index >= 15 is 0 Å². The highest BCUT2D eigenvalue weighted by molar-refractivity contribution is 6.30. The average Bonchev–Trinajstić information content (AvgIpc) is 3.21. The maximum atomic E-state index is 13.9. The van der Waals surface area contributed by atoms with Crippen molar-refractivity contribution in [1.29, 1.82) is 0 Å². The highest BCUT2D eigenvalue weighted by Crippen LogP contribution is 2.32. The molecule has 0 atom stereocenters. The van der Waals surface area contributed by atoms with Gasteiger partial charge in [0, 0.05) is 28.6 Å². The van der Waals surface area contributed by atoms with Gasteiger partial charge >= 0.3 is 0 Å². The first kappa shape index (κ1) is 21.2. The average molecular weight is 460 g/mol. The molecule has 0 radical (unpaired) electrons. The largest absolute Gasteiger partial charge is 0.397 e. The summed E-state index contributed by atoms with van der Waals surface area (Å²) in [7, 11) is 1.66. The number of nitrogen functional groups attached to an aromatic ring is 1.